The standard InChI is InChI=1S/C22H23N3O2/c1-16-7-9-17(10-8-16)20-15-21(23-22(26)18-11-13-27-14-12-18)25(24-20)19-5-3-2-4-6-19/h2-10,15,18H,11-14H2,1H3,(H,23,26). The molecule has 1 fully saturated rings. The number of aromatic nitrogens is 2. The van der Waals surface area contributed by atoms with E-state index in [4.69, 9.17) is 9.84 Å². The predicted octanol–water partition coefficient (Wildman–Crippen LogP) is 4.21. The Morgan fingerprint density at radius 2 is 1.78 bits per heavy atom. The number of hydrogen-bond donors (Lipinski definition) is 1. The molecule has 138 valence electrons. The zero-order valence-corrected chi connectivity index (χ0v) is 15.4. The molecule has 1 aliphatic heterocycles. The molecule has 5 heteroatoms. The van der Waals surface area contributed by atoms with Gasteiger partial charge in [-0.05, 0) is 31.9 Å². The fourth-order valence-corrected chi connectivity index (χ4v) is 3.29. The van der Waals surface area contributed by atoms with Crippen molar-refractivity contribution in [2.45, 2.75) is 19.8 Å². The van der Waals surface area contributed by atoms with Gasteiger partial charge in [-0.1, -0.05) is 48.0 Å². The number of carbonyl (C=O) groups excluding carboxylic acids is 1. The number of amides is 1. The van der Waals surface area contributed by atoms with Crippen LogP contribution in [0.4, 0.5) is 5.82 Å². The number of hydrogen-bond acceptors (Lipinski definition) is 3. The highest BCUT2D eigenvalue weighted by atomic mass is 16.5. The summed E-state index contributed by atoms with van der Waals surface area (Å²) in [4.78, 5) is 12.7. The van der Waals surface area contributed by atoms with Crippen molar-refractivity contribution in [1.29, 1.82) is 0 Å². The second kappa shape index (κ2) is 7.76. The maximum Gasteiger partial charge on any atom is 0.228 e. The van der Waals surface area contributed by atoms with Crippen molar-refractivity contribution in [3.8, 4) is 16.9 Å². The molecule has 0 spiro atoms. The third-order valence-electron chi connectivity index (χ3n) is 4.90. The van der Waals surface area contributed by atoms with Crippen molar-refractivity contribution in [2.75, 3.05) is 18.5 Å². The average molecular weight is 361 g/mol. The molecule has 3 aromatic rings. The summed E-state index contributed by atoms with van der Waals surface area (Å²) in [5.74, 6) is 0.708. The van der Waals surface area contributed by atoms with Crippen LogP contribution in [-0.4, -0.2) is 28.9 Å². The van der Waals surface area contributed by atoms with Crippen LogP contribution in [0.15, 0.2) is 60.7 Å². The minimum Gasteiger partial charge on any atom is -0.381 e. The molecular formula is C22H23N3O2. The molecule has 5 nitrogen and oxygen atoms in total. The molecule has 0 bridgehead atoms. The van der Waals surface area contributed by atoms with Gasteiger partial charge in [-0.15, -0.1) is 0 Å². The van der Waals surface area contributed by atoms with Crippen LogP contribution in [0.2, 0.25) is 0 Å². The van der Waals surface area contributed by atoms with Crippen molar-refractivity contribution in [1.82, 2.24) is 9.78 Å². The van der Waals surface area contributed by atoms with Crippen LogP contribution < -0.4 is 5.32 Å². The topological polar surface area (TPSA) is 56.1 Å². The molecule has 0 unspecified atom stereocenters. The second-order valence-electron chi connectivity index (χ2n) is 6.90. The van der Waals surface area contributed by atoms with E-state index in [1.807, 2.05) is 36.4 Å². The Balaban J connectivity index is 1.67. The van der Waals surface area contributed by atoms with E-state index >= 15 is 0 Å². The maximum absolute atomic E-state index is 12.7. The molecule has 2 aromatic carbocycles. The zero-order valence-electron chi connectivity index (χ0n) is 15.4. The Hall–Kier alpha value is -2.92. The lowest BCUT2D eigenvalue weighted by molar-refractivity contribution is -0.122. The normalized spacial score (nSPS) is 14.9. The van der Waals surface area contributed by atoms with Gasteiger partial charge in [0.1, 0.15) is 5.82 Å². The van der Waals surface area contributed by atoms with Crippen molar-refractivity contribution in [2.24, 2.45) is 5.92 Å². The van der Waals surface area contributed by atoms with Gasteiger partial charge in [0, 0.05) is 30.8 Å². The van der Waals surface area contributed by atoms with Crippen LogP contribution in [-0.2, 0) is 9.53 Å². The minimum absolute atomic E-state index is 0.0132. The molecular weight excluding hydrogens is 338 g/mol. The first-order valence-corrected chi connectivity index (χ1v) is 9.32. The fourth-order valence-electron chi connectivity index (χ4n) is 3.29. The summed E-state index contributed by atoms with van der Waals surface area (Å²) < 4.78 is 7.17. The first-order chi connectivity index (χ1) is 13.2. The maximum atomic E-state index is 12.7. The molecule has 0 atom stereocenters. The highest BCUT2D eigenvalue weighted by Gasteiger charge is 2.23. The van der Waals surface area contributed by atoms with Crippen LogP contribution >= 0.6 is 0 Å². The van der Waals surface area contributed by atoms with Gasteiger partial charge in [0.25, 0.3) is 0 Å². The summed E-state index contributed by atoms with van der Waals surface area (Å²) in [5, 5.41) is 7.84. The van der Waals surface area contributed by atoms with E-state index in [0.29, 0.717) is 19.0 Å². The Labute approximate surface area is 159 Å². The van der Waals surface area contributed by atoms with Crippen molar-refractivity contribution in [3.05, 3.63) is 66.2 Å². The van der Waals surface area contributed by atoms with E-state index in [0.717, 1.165) is 29.8 Å². The smallest absolute Gasteiger partial charge is 0.228 e. The van der Waals surface area contributed by atoms with Crippen LogP contribution in [0, 0.1) is 12.8 Å². The lowest BCUT2D eigenvalue weighted by Crippen LogP contribution is -2.29. The Morgan fingerprint density at radius 3 is 2.48 bits per heavy atom. The summed E-state index contributed by atoms with van der Waals surface area (Å²) in [5.41, 5.74) is 3.98. The van der Waals surface area contributed by atoms with E-state index in [9.17, 15) is 4.79 Å². The van der Waals surface area contributed by atoms with E-state index in [2.05, 4.69) is 36.5 Å². The van der Waals surface area contributed by atoms with Gasteiger partial charge in [-0.25, -0.2) is 4.68 Å². The molecule has 0 aliphatic carbocycles. The quantitative estimate of drug-likeness (QED) is 0.757. The molecule has 1 aliphatic rings. The molecule has 1 aromatic heterocycles. The van der Waals surface area contributed by atoms with Crippen LogP contribution in [0.3, 0.4) is 0 Å². The summed E-state index contributed by atoms with van der Waals surface area (Å²) in [6.07, 6.45) is 1.52. The number of benzene rings is 2. The summed E-state index contributed by atoms with van der Waals surface area (Å²) in [7, 11) is 0. The molecule has 0 radical (unpaired) electrons. The van der Waals surface area contributed by atoms with Gasteiger partial charge >= 0.3 is 0 Å². The molecule has 27 heavy (non-hydrogen) atoms. The van der Waals surface area contributed by atoms with Gasteiger partial charge in [0.15, 0.2) is 0 Å². The number of aryl methyl sites for hydroxylation is 1. The van der Waals surface area contributed by atoms with Crippen LogP contribution in [0.5, 0.6) is 0 Å². The number of anilines is 1. The number of nitrogens with zero attached hydrogens (tertiary/aromatic N) is 2. The lowest BCUT2D eigenvalue weighted by Gasteiger charge is -2.21. The molecule has 2 heterocycles. The van der Waals surface area contributed by atoms with E-state index in [1.165, 1.54) is 5.56 Å². The van der Waals surface area contributed by atoms with Crippen molar-refractivity contribution in [3.63, 3.8) is 0 Å². The molecule has 1 saturated heterocycles. The summed E-state index contributed by atoms with van der Waals surface area (Å²) in [6, 6.07) is 20.0. The number of ether oxygens (including phenoxy) is 1. The van der Waals surface area contributed by atoms with Gasteiger partial charge in [-0.2, -0.15) is 5.10 Å². The van der Waals surface area contributed by atoms with E-state index < -0.39 is 0 Å². The average Bonchev–Trinajstić information content (AvgIpc) is 3.13. The second-order valence-corrected chi connectivity index (χ2v) is 6.90. The number of rotatable bonds is 4. The summed E-state index contributed by atoms with van der Waals surface area (Å²) >= 11 is 0. The monoisotopic (exact) mass is 361 g/mol. The van der Waals surface area contributed by atoms with Crippen molar-refractivity contribution >= 4 is 11.7 Å². The van der Waals surface area contributed by atoms with Gasteiger partial charge in [-0.3, -0.25) is 4.79 Å². The number of para-hydroxylation sites is 1. The Kier molecular flexibility index (Phi) is 5.03. The molecule has 1 amide bonds. The molecule has 4 rings (SSSR count). The first-order valence-electron chi connectivity index (χ1n) is 9.32. The van der Waals surface area contributed by atoms with Crippen molar-refractivity contribution < 1.29 is 9.53 Å². The molecule has 0 saturated carbocycles. The fraction of sp³-hybridized carbons (Fsp3) is 0.273. The predicted molar refractivity (Wildman–Crippen MR) is 106 cm³/mol. The number of carbonyl (C=O) groups is 1. The van der Waals surface area contributed by atoms with Crippen LogP contribution in [0.1, 0.15) is 18.4 Å². The van der Waals surface area contributed by atoms with Gasteiger partial charge in [0.2, 0.25) is 5.91 Å². The minimum atomic E-state index is -0.0132. The molecule has 1 N–H and O–H groups in total. The third kappa shape index (κ3) is 3.93. The van der Waals surface area contributed by atoms with Crippen LogP contribution in [0.25, 0.3) is 16.9 Å². The highest BCUT2D eigenvalue weighted by molar-refractivity contribution is 5.92. The highest BCUT2D eigenvalue weighted by Crippen LogP contribution is 2.26. The number of nitrogens with one attached hydrogen (secondary N) is 1. The summed E-state index contributed by atoms with van der Waals surface area (Å²) in [6.45, 7) is 3.35. The van der Waals surface area contributed by atoms with Gasteiger partial charge < -0.3 is 10.1 Å². The Morgan fingerprint density at radius 1 is 1.07 bits per heavy atom. The zero-order chi connectivity index (χ0) is 18.6. The third-order valence-corrected chi connectivity index (χ3v) is 4.90. The van der Waals surface area contributed by atoms with E-state index in [-0.39, 0.29) is 11.8 Å². The van der Waals surface area contributed by atoms with Gasteiger partial charge in [0.05, 0.1) is 11.4 Å². The lowest BCUT2D eigenvalue weighted by atomic mass is 9.99. The Bertz CT molecular complexity index is 910. The van der Waals surface area contributed by atoms with E-state index in [1.54, 1.807) is 4.68 Å². The first kappa shape index (κ1) is 17.5. The SMILES string of the molecule is Cc1ccc(-c2cc(NC(=O)C3CCOCC3)n(-c3ccccc3)n2)cc1. The largest absolute Gasteiger partial charge is 0.381 e.